The first-order valence-corrected chi connectivity index (χ1v) is 7.46. The summed E-state index contributed by atoms with van der Waals surface area (Å²) in [5, 5.41) is 3.17. The van der Waals surface area contributed by atoms with Gasteiger partial charge in [0.25, 0.3) is 0 Å². The number of esters is 1. The van der Waals surface area contributed by atoms with Crippen LogP contribution in [0.1, 0.15) is 33.6 Å². The molecule has 0 saturated carbocycles. The molecule has 0 aliphatic rings. The second-order valence-electron chi connectivity index (χ2n) is 3.90. The molecule has 0 amide bonds. The standard InChI is InChI=1S/C11H23NO3S/c1-5-7-10(11(13)15-6-2)12-9(3)8-16(4)14/h9-10,12H,5-8H2,1-4H3. The van der Waals surface area contributed by atoms with E-state index < -0.39 is 10.8 Å². The highest BCUT2D eigenvalue weighted by atomic mass is 32.2. The Hall–Kier alpha value is -0.420. The molecule has 0 aromatic heterocycles. The number of hydrogen-bond donors (Lipinski definition) is 1. The molecule has 0 aromatic rings. The van der Waals surface area contributed by atoms with Crippen LogP contribution in [0.4, 0.5) is 0 Å². The minimum Gasteiger partial charge on any atom is -0.465 e. The normalized spacial score (nSPS) is 16.5. The molecular formula is C11H23NO3S. The molecule has 4 nitrogen and oxygen atoms in total. The van der Waals surface area contributed by atoms with Gasteiger partial charge in [0.05, 0.1) is 6.61 Å². The van der Waals surface area contributed by atoms with Crippen LogP contribution in [0.5, 0.6) is 0 Å². The van der Waals surface area contributed by atoms with Crippen molar-refractivity contribution in [2.75, 3.05) is 18.6 Å². The fourth-order valence-electron chi connectivity index (χ4n) is 1.54. The predicted octanol–water partition coefficient (Wildman–Crippen LogP) is 1.07. The Labute approximate surface area is 101 Å². The first-order chi connectivity index (χ1) is 7.51. The molecule has 0 heterocycles. The largest absolute Gasteiger partial charge is 0.465 e. The van der Waals surface area contributed by atoms with Gasteiger partial charge in [-0.05, 0) is 20.3 Å². The molecule has 0 aliphatic carbocycles. The van der Waals surface area contributed by atoms with Gasteiger partial charge in [0.15, 0.2) is 0 Å². The molecule has 0 radical (unpaired) electrons. The summed E-state index contributed by atoms with van der Waals surface area (Å²) in [4.78, 5) is 11.6. The fourth-order valence-corrected chi connectivity index (χ4v) is 2.34. The van der Waals surface area contributed by atoms with Gasteiger partial charge < -0.3 is 10.1 Å². The summed E-state index contributed by atoms with van der Waals surface area (Å²) in [6.45, 7) is 6.15. The highest BCUT2D eigenvalue weighted by Crippen LogP contribution is 2.02. The first-order valence-electron chi connectivity index (χ1n) is 5.73. The Morgan fingerprint density at radius 1 is 1.44 bits per heavy atom. The second kappa shape index (κ2) is 8.70. The first kappa shape index (κ1) is 15.6. The molecule has 0 fully saturated rings. The molecule has 16 heavy (non-hydrogen) atoms. The molecule has 0 saturated heterocycles. The van der Waals surface area contributed by atoms with Crippen LogP contribution in [-0.4, -0.2) is 40.9 Å². The lowest BCUT2D eigenvalue weighted by Crippen LogP contribution is -2.44. The molecule has 0 spiro atoms. The molecule has 96 valence electrons. The molecule has 3 atom stereocenters. The van der Waals surface area contributed by atoms with Crippen molar-refractivity contribution in [3.8, 4) is 0 Å². The lowest BCUT2D eigenvalue weighted by atomic mass is 10.1. The summed E-state index contributed by atoms with van der Waals surface area (Å²) in [6, 6.07) is -0.213. The molecule has 0 aromatic carbocycles. The number of rotatable bonds is 8. The zero-order valence-electron chi connectivity index (χ0n) is 10.6. The SMILES string of the molecule is CCCC(NC(C)CS(C)=O)C(=O)OCC. The van der Waals surface area contributed by atoms with Crippen LogP contribution in [0.3, 0.4) is 0 Å². The van der Waals surface area contributed by atoms with Crippen molar-refractivity contribution < 1.29 is 13.7 Å². The van der Waals surface area contributed by atoms with Gasteiger partial charge in [-0.1, -0.05) is 13.3 Å². The molecule has 0 bridgehead atoms. The van der Waals surface area contributed by atoms with E-state index in [-0.39, 0.29) is 18.1 Å². The third-order valence-corrected chi connectivity index (χ3v) is 3.09. The lowest BCUT2D eigenvalue weighted by molar-refractivity contribution is -0.146. The van der Waals surface area contributed by atoms with E-state index in [4.69, 9.17) is 4.74 Å². The Kier molecular flexibility index (Phi) is 8.47. The van der Waals surface area contributed by atoms with Crippen molar-refractivity contribution in [1.29, 1.82) is 0 Å². The van der Waals surface area contributed by atoms with Crippen molar-refractivity contribution in [2.45, 2.75) is 45.7 Å². The minimum atomic E-state index is -0.848. The van der Waals surface area contributed by atoms with Crippen LogP contribution < -0.4 is 5.32 Å². The zero-order valence-corrected chi connectivity index (χ0v) is 11.4. The highest BCUT2D eigenvalue weighted by Gasteiger charge is 2.20. The van der Waals surface area contributed by atoms with Gasteiger partial charge in [0.1, 0.15) is 6.04 Å². The quantitative estimate of drug-likeness (QED) is 0.654. The van der Waals surface area contributed by atoms with Gasteiger partial charge in [-0.25, -0.2) is 0 Å². The number of hydrogen-bond acceptors (Lipinski definition) is 4. The van der Waals surface area contributed by atoms with E-state index in [1.54, 1.807) is 13.2 Å². The topological polar surface area (TPSA) is 55.4 Å². The summed E-state index contributed by atoms with van der Waals surface area (Å²) in [7, 11) is -0.848. The van der Waals surface area contributed by atoms with Crippen LogP contribution in [0.15, 0.2) is 0 Å². The number of carbonyl (C=O) groups excluding carboxylic acids is 1. The van der Waals surface area contributed by atoms with E-state index in [1.165, 1.54) is 0 Å². The van der Waals surface area contributed by atoms with E-state index in [0.29, 0.717) is 12.4 Å². The average Bonchev–Trinajstić information content (AvgIpc) is 2.16. The van der Waals surface area contributed by atoms with E-state index in [0.717, 1.165) is 12.8 Å². The van der Waals surface area contributed by atoms with Crippen LogP contribution in [0.25, 0.3) is 0 Å². The highest BCUT2D eigenvalue weighted by molar-refractivity contribution is 7.84. The molecule has 0 aliphatic heterocycles. The molecular weight excluding hydrogens is 226 g/mol. The summed E-state index contributed by atoms with van der Waals surface area (Å²) < 4.78 is 16.0. The predicted molar refractivity (Wildman–Crippen MR) is 66.9 cm³/mol. The lowest BCUT2D eigenvalue weighted by Gasteiger charge is -2.20. The minimum absolute atomic E-state index is 0.0618. The van der Waals surface area contributed by atoms with E-state index in [1.807, 2.05) is 13.8 Å². The molecule has 3 unspecified atom stereocenters. The van der Waals surface area contributed by atoms with Gasteiger partial charge in [-0.3, -0.25) is 9.00 Å². The summed E-state index contributed by atoms with van der Waals surface area (Å²) >= 11 is 0. The van der Waals surface area contributed by atoms with Gasteiger partial charge in [0, 0.05) is 28.9 Å². The van der Waals surface area contributed by atoms with Gasteiger partial charge in [0.2, 0.25) is 0 Å². The van der Waals surface area contributed by atoms with Crippen molar-refractivity contribution in [1.82, 2.24) is 5.32 Å². The smallest absolute Gasteiger partial charge is 0.323 e. The Morgan fingerprint density at radius 3 is 2.50 bits per heavy atom. The summed E-state index contributed by atoms with van der Waals surface area (Å²) in [6.07, 6.45) is 3.33. The van der Waals surface area contributed by atoms with Gasteiger partial charge >= 0.3 is 5.97 Å². The number of nitrogens with one attached hydrogen (secondary N) is 1. The third-order valence-electron chi connectivity index (χ3n) is 2.12. The fraction of sp³-hybridized carbons (Fsp3) is 0.909. The maximum absolute atomic E-state index is 11.6. The van der Waals surface area contributed by atoms with Crippen LogP contribution in [-0.2, 0) is 20.3 Å². The summed E-state index contributed by atoms with van der Waals surface area (Å²) in [5.41, 5.74) is 0. The van der Waals surface area contributed by atoms with Crippen molar-refractivity contribution in [3.63, 3.8) is 0 Å². The average molecular weight is 249 g/mol. The Bertz CT molecular complexity index is 233. The number of carbonyl (C=O) groups is 1. The van der Waals surface area contributed by atoms with E-state index >= 15 is 0 Å². The van der Waals surface area contributed by atoms with Gasteiger partial charge in [-0.15, -0.1) is 0 Å². The van der Waals surface area contributed by atoms with Crippen LogP contribution in [0.2, 0.25) is 0 Å². The van der Waals surface area contributed by atoms with Crippen molar-refractivity contribution in [3.05, 3.63) is 0 Å². The zero-order chi connectivity index (χ0) is 12.6. The number of ether oxygens (including phenoxy) is 1. The molecule has 5 heteroatoms. The van der Waals surface area contributed by atoms with Crippen LogP contribution >= 0.6 is 0 Å². The monoisotopic (exact) mass is 249 g/mol. The summed E-state index contributed by atoms with van der Waals surface area (Å²) in [5.74, 6) is 0.345. The third kappa shape index (κ3) is 6.95. The Balaban J connectivity index is 4.20. The van der Waals surface area contributed by atoms with Crippen molar-refractivity contribution >= 4 is 16.8 Å². The van der Waals surface area contributed by atoms with Gasteiger partial charge in [-0.2, -0.15) is 0 Å². The molecule has 1 N–H and O–H groups in total. The Morgan fingerprint density at radius 2 is 2.06 bits per heavy atom. The maximum Gasteiger partial charge on any atom is 0.323 e. The molecule has 0 rings (SSSR count). The maximum atomic E-state index is 11.6. The second-order valence-corrected chi connectivity index (χ2v) is 5.38. The van der Waals surface area contributed by atoms with E-state index in [2.05, 4.69) is 5.32 Å². The van der Waals surface area contributed by atoms with Crippen LogP contribution in [0, 0.1) is 0 Å². The van der Waals surface area contributed by atoms with Crippen molar-refractivity contribution in [2.24, 2.45) is 0 Å². The van der Waals surface area contributed by atoms with E-state index in [9.17, 15) is 9.00 Å².